The molecule has 3 fully saturated rings. The summed E-state index contributed by atoms with van der Waals surface area (Å²) in [6.07, 6.45) is 4.56. The second-order valence-corrected chi connectivity index (χ2v) is 11.6. The highest BCUT2D eigenvalue weighted by Crippen LogP contribution is 2.72. The molecule has 2 saturated heterocycles. The monoisotopic (exact) mass is 480 g/mol. The van der Waals surface area contributed by atoms with E-state index >= 15 is 0 Å². The van der Waals surface area contributed by atoms with E-state index in [2.05, 4.69) is 13.8 Å². The van der Waals surface area contributed by atoms with Crippen molar-refractivity contribution in [1.82, 2.24) is 0 Å². The first-order valence-electron chi connectivity index (χ1n) is 12.4. The Kier molecular flexibility index (Phi) is 4.53. The van der Waals surface area contributed by atoms with E-state index in [1.165, 1.54) is 18.8 Å². The minimum absolute atomic E-state index is 0.0648. The molecule has 7 heteroatoms. The third-order valence-corrected chi connectivity index (χ3v) is 10.2. The molecule has 0 N–H and O–H groups in total. The van der Waals surface area contributed by atoms with Crippen molar-refractivity contribution in [2.24, 2.45) is 28.1 Å². The van der Waals surface area contributed by atoms with Gasteiger partial charge in [0, 0.05) is 28.2 Å². The first-order chi connectivity index (χ1) is 16.5. The molecule has 0 amide bonds. The van der Waals surface area contributed by atoms with Crippen LogP contribution < -0.4 is 0 Å². The predicted molar refractivity (Wildman–Crippen MR) is 124 cm³/mol. The van der Waals surface area contributed by atoms with Crippen LogP contribution >= 0.6 is 0 Å². The second-order valence-electron chi connectivity index (χ2n) is 11.6. The molecule has 2 aliphatic heterocycles. The Labute approximate surface area is 204 Å². The van der Waals surface area contributed by atoms with Crippen LogP contribution in [0.5, 0.6) is 0 Å². The number of ether oxygens (including phenoxy) is 3. The average molecular weight is 481 g/mol. The quantitative estimate of drug-likeness (QED) is 0.476. The standard InChI is InChI=1S/C28H32O7/c1-13-16(15-8-10-33-14(15)2)11-17-21(13)28(5)18(12-20(30)32-6)27(4)19(29)7-9-26(3)23(27)22(24(28)34-17)35-25(26)31/h7-10,16-18,22-24H,11-12H2,1-6H3/t16-,17-,18-,22-,23+,24+,26-,27+,28-/m1/s1. The van der Waals surface area contributed by atoms with Gasteiger partial charge in [-0.25, -0.2) is 0 Å². The van der Waals surface area contributed by atoms with Gasteiger partial charge in [-0.2, -0.15) is 0 Å². The smallest absolute Gasteiger partial charge is 0.316 e. The molecule has 0 radical (unpaired) electrons. The molecule has 0 unspecified atom stereocenters. The van der Waals surface area contributed by atoms with E-state index < -0.39 is 40.3 Å². The predicted octanol–water partition coefficient (Wildman–Crippen LogP) is 4.05. The van der Waals surface area contributed by atoms with Crippen molar-refractivity contribution < 1.29 is 33.0 Å². The summed E-state index contributed by atoms with van der Waals surface area (Å²) in [6.45, 7) is 9.95. The molecule has 186 valence electrons. The normalized spacial score (nSPS) is 45.3. The number of methoxy groups -OCH3 is 1. The van der Waals surface area contributed by atoms with Crippen molar-refractivity contribution in [3.05, 3.63) is 47.0 Å². The van der Waals surface area contributed by atoms with Gasteiger partial charge in [0.15, 0.2) is 5.78 Å². The van der Waals surface area contributed by atoms with Gasteiger partial charge in [0.25, 0.3) is 0 Å². The zero-order chi connectivity index (χ0) is 25.1. The molecule has 0 aromatic carbocycles. The van der Waals surface area contributed by atoms with Crippen molar-refractivity contribution in [3.63, 3.8) is 0 Å². The van der Waals surface area contributed by atoms with Gasteiger partial charge in [0.05, 0.1) is 31.3 Å². The third kappa shape index (κ3) is 2.52. The summed E-state index contributed by atoms with van der Waals surface area (Å²) < 4.78 is 23.5. The van der Waals surface area contributed by atoms with Gasteiger partial charge in [-0.3, -0.25) is 14.4 Å². The Hall–Kier alpha value is -2.67. The van der Waals surface area contributed by atoms with Gasteiger partial charge < -0.3 is 18.6 Å². The molecular formula is C28H32O7. The number of fused-ring (bicyclic) bond motifs is 4. The van der Waals surface area contributed by atoms with Crippen LogP contribution in [-0.4, -0.2) is 43.1 Å². The van der Waals surface area contributed by atoms with E-state index in [-0.39, 0.29) is 36.2 Å². The first-order valence-corrected chi connectivity index (χ1v) is 12.4. The van der Waals surface area contributed by atoms with Crippen molar-refractivity contribution in [1.29, 1.82) is 0 Å². The number of aryl methyl sites for hydroxylation is 1. The van der Waals surface area contributed by atoms with E-state index in [4.69, 9.17) is 18.6 Å². The molecule has 5 aliphatic rings. The van der Waals surface area contributed by atoms with Crippen LogP contribution in [0, 0.1) is 35.0 Å². The molecule has 0 spiro atoms. The fourth-order valence-corrected chi connectivity index (χ4v) is 8.66. The Morgan fingerprint density at radius 3 is 2.57 bits per heavy atom. The van der Waals surface area contributed by atoms with Crippen LogP contribution in [-0.2, 0) is 28.6 Å². The maximum Gasteiger partial charge on any atom is 0.316 e. The molecule has 35 heavy (non-hydrogen) atoms. The number of hydrogen-bond donors (Lipinski definition) is 0. The Morgan fingerprint density at radius 1 is 1.17 bits per heavy atom. The van der Waals surface area contributed by atoms with Crippen LogP contribution in [0.15, 0.2) is 40.0 Å². The van der Waals surface area contributed by atoms with Crippen molar-refractivity contribution in [2.75, 3.05) is 7.11 Å². The number of hydrogen-bond acceptors (Lipinski definition) is 7. The van der Waals surface area contributed by atoms with Gasteiger partial charge in [-0.1, -0.05) is 25.5 Å². The van der Waals surface area contributed by atoms with E-state index in [1.807, 2.05) is 26.8 Å². The van der Waals surface area contributed by atoms with Crippen molar-refractivity contribution in [3.8, 4) is 0 Å². The van der Waals surface area contributed by atoms with Gasteiger partial charge in [-0.05, 0) is 50.8 Å². The first kappa shape index (κ1) is 22.8. The summed E-state index contributed by atoms with van der Waals surface area (Å²) in [5, 5.41) is 0. The van der Waals surface area contributed by atoms with Gasteiger partial charge in [-0.15, -0.1) is 0 Å². The SMILES string of the molecule is COC(=O)C[C@H]1[C@]2(C)C3=C(C)[C@H](c4ccoc4C)C[C@H]3O[C@H]2[C@@H]2OC(=O)[C@]3(C)C=CC(=O)[C@@]1(C)[C@@H]23. The van der Waals surface area contributed by atoms with Gasteiger partial charge in [0.2, 0.25) is 0 Å². The molecule has 7 nitrogen and oxygen atoms in total. The number of esters is 2. The number of carbonyl (C=O) groups excluding carboxylic acids is 3. The Balaban J connectivity index is 1.57. The second kappa shape index (κ2) is 6.96. The van der Waals surface area contributed by atoms with E-state index in [0.29, 0.717) is 0 Å². The Bertz CT molecular complexity index is 1220. The lowest BCUT2D eigenvalue weighted by atomic mass is 9.42. The van der Waals surface area contributed by atoms with Gasteiger partial charge >= 0.3 is 11.9 Å². The van der Waals surface area contributed by atoms with E-state index in [9.17, 15) is 14.4 Å². The summed E-state index contributed by atoms with van der Waals surface area (Å²) in [7, 11) is 1.37. The maximum atomic E-state index is 13.7. The minimum Gasteiger partial charge on any atom is -0.469 e. The van der Waals surface area contributed by atoms with Crippen LogP contribution in [0.2, 0.25) is 0 Å². The van der Waals surface area contributed by atoms with Crippen molar-refractivity contribution in [2.45, 2.75) is 71.7 Å². The highest BCUT2D eigenvalue weighted by molar-refractivity contribution is 6.00. The summed E-state index contributed by atoms with van der Waals surface area (Å²) in [6, 6.07) is 2.01. The summed E-state index contributed by atoms with van der Waals surface area (Å²) in [5.74, 6) is -0.592. The van der Waals surface area contributed by atoms with Gasteiger partial charge in [0.1, 0.15) is 18.0 Å². The van der Waals surface area contributed by atoms with E-state index in [0.717, 1.165) is 23.3 Å². The topological polar surface area (TPSA) is 92.0 Å². The fourth-order valence-electron chi connectivity index (χ4n) is 8.66. The minimum atomic E-state index is -0.991. The molecule has 1 saturated carbocycles. The lowest BCUT2D eigenvalue weighted by Gasteiger charge is -2.59. The molecule has 3 heterocycles. The Morgan fingerprint density at radius 2 is 1.91 bits per heavy atom. The summed E-state index contributed by atoms with van der Waals surface area (Å²) >= 11 is 0. The molecule has 3 aliphatic carbocycles. The molecule has 1 aromatic rings. The van der Waals surface area contributed by atoms with Crippen LogP contribution in [0.3, 0.4) is 0 Å². The number of allylic oxidation sites excluding steroid dienone is 2. The number of ketones is 1. The highest BCUT2D eigenvalue weighted by atomic mass is 16.6. The molecular weight excluding hydrogens is 448 g/mol. The zero-order valence-electron chi connectivity index (χ0n) is 21.0. The maximum absolute atomic E-state index is 13.7. The van der Waals surface area contributed by atoms with Crippen LogP contribution in [0.4, 0.5) is 0 Å². The number of rotatable bonds is 3. The van der Waals surface area contributed by atoms with Crippen LogP contribution in [0.25, 0.3) is 0 Å². The van der Waals surface area contributed by atoms with Crippen LogP contribution in [0.1, 0.15) is 57.8 Å². The van der Waals surface area contributed by atoms with E-state index in [1.54, 1.807) is 12.3 Å². The fraction of sp³-hybridized carbons (Fsp3) is 0.607. The lowest BCUT2D eigenvalue weighted by molar-refractivity contribution is -0.190. The average Bonchev–Trinajstić information content (AvgIpc) is 3.52. The number of furan rings is 1. The third-order valence-electron chi connectivity index (χ3n) is 10.2. The highest BCUT2D eigenvalue weighted by Gasteiger charge is 2.77. The molecule has 1 aromatic heterocycles. The van der Waals surface area contributed by atoms with Crippen molar-refractivity contribution >= 4 is 17.7 Å². The molecule has 6 rings (SSSR count). The zero-order valence-corrected chi connectivity index (χ0v) is 21.0. The lowest BCUT2D eigenvalue weighted by Crippen LogP contribution is -2.66. The number of carbonyl (C=O) groups is 3. The largest absolute Gasteiger partial charge is 0.469 e. The molecule has 0 bridgehead atoms. The summed E-state index contributed by atoms with van der Waals surface area (Å²) in [5.41, 5.74) is 0.839. The summed E-state index contributed by atoms with van der Waals surface area (Å²) in [4.78, 5) is 39.7. The molecule has 9 atom stereocenters.